The molecule has 0 bridgehead atoms. The van der Waals surface area contributed by atoms with Crippen molar-refractivity contribution in [1.29, 1.82) is 0 Å². The van der Waals surface area contributed by atoms with E-state index in [1.165, 1.54) is 0 Å². The van der Waals surface area contributed by atoms with Gasteiger partial charge in [0.15, 0.2) is 6.10 Å². The summed E-state index contributed by atoms with van der Waals surface area (Å²) >= 11 is 3.31. The molecule has 0 spiro atoms. The lowest BCUT2D eigenvalue weighted by molar-refractivity contribution is -0.160. The first-order valence-corrected chi connectivity index (χ1v) is 10.1. The molecular formula is C18H20N2O4S2. The molecule has 26 heavy (non-hydrogen) atoms. The van der Waals surface area contributed by atoms with Gasteiger partial charge in [-0.3, -0.25) is 4.79 Å². The third-order valence-electron chi connectivity index (χ3n) is 3.98. The number of thiazole rings is 1. The van der Waals surface area contributed by atoms with Crippen molar-refractivity contribution < 1.29 is 19.4 Å². The molecule has 0 aliphatic carbocycles. The Hall–Kier alpha value is -1.90. The van der Waals surface area contributed by atoms with Gasteiger partial charge in [0.25, 0.3) is 5.91 Å². The van der Waals surface area contributed by atoms with Crippen LogP contribution in [0.2, 0.25) is 0 Å². The summed E-state index contributed by atoms with van der Waals surface area (Å²) in [5.74, 6) is -0.421. The Balaban J connectivity index is 1.62. The summed E-state index contributed by atoms with van der Waals surface area (Å²) in [6, 6.07) is 7.39. The topological polar surface area (TPSA) is 79.7 Å². The van der Waals surface area contributed by atoms with Gasteiger partial charge in [-0.2, -0.15) is 0 Å². The molecular weight excluding hydrogens is 372 g/mol. The average molecular weight is 393 g/mol. The molecule has 1 N–H and O–H groups in total. The number of aliphatic carboxylic acids is 1. The minimum atomic E-state index is -1.04. The van der Waals surface area contributed by atoms with Crippen LogP contribution in [-0.4, -0.2) is 52.2 Å². The van der Waals surface area contributed by atoms with E-state index < -0.39 is 12.1 Å². The number of carbonyl (C=O) groups is 2. The van der Waals surface area contributed by atoms with Crippen LogP contribution in [0.15, 0.2) is 34.5 Å². The van der Waals surface area contributed by atoms with Gasteiger partial charge < -0.3 is 14.7 Å². The van der Waals surface area contributed by atoms with E-state index in [1.807, 2.05) is 19.1 Å². The molecule has 1 fully saturated rings. The zero-order valence-electron chi connectivity index (χ0n) is 14.5. The highest BCUT2D eigenvalue weighted by Crippen LogP contribution is 2.24. The first kappa shape index (κ1) is 18.9. The maximum Gasteiger partial charge on any atom is 0.334 e. The standard InChI is InChI=1S/C18H20N2O4S2/c1-11-7-20(8-16(24-11)18(22)23)17(21)13-3-5-15(6-4-13)26-10-14-9-25-12(2)19-14/h3-6,9,11,16H,7-8,10H2,1-2H3,(H,22,23)/t11-,16?/m1/s1. The number of morpholine rings is 1. The van der Waals surface area contributed by atoms with Crippen LogP contribution in [0.1, 0.15) is 28.0 Å². The molecule has 2 heterocycles. The predicted octanol–water partition coefficient (Wildman–Crippen LogP) is 3.06. The Morgan fingerprint density at radius 1 is 1.35 bits per heavy atom. The van der Waals surface area contributed by atoms with Gasteiger partial charge in [0.2, 0.25) is 0 Å². The molecule has 138 valence electrons. The number of carboxylic acid groups (broad SMARTS) is 1. The van der Waals surface area contributed by atoms with Crippen molar-refractivity contribution in [1.82, 2.24) is 9.88 Å². The number of thioether (sulfide) groups is 1. The van der Waals surface area contributed by atoms with E-state index in [4.69, 9.17) is 9.84 Å². The lowest BCUT2D eigenvalue weighted by atomic mass is 10.1. The summed E-state index contributed by atoms with van der Waals surface area (Å²) < 4.78 is 5.36. The van der Waals surface area contributed by atoms with Gasteiger partial charge in [0, 0.05) is 28.1 Å². The first-order valence-electron chi connectivity index (χ1n) is 8.24. The normalized spacial score (nSPS) is 20.2. The van der Waals surface area contributed by atoms with Gasteiger partial charge in [-0.25, -0.2) is 9.78 Å². The van der Waals surface area contributed by atoms with E-state index in [-0.39, 0.29) is 18.6 Å². The predicted molar refractivity (Wildman–Crippen MR) is 101 cm³/mol. The van der Waals surface area contributed by atoms with Gasteiger partial charge in [0.05, 0.1) is 23.4 Å². The van der Waals surface area contributed by atoms with E-state index in [1.54, 1.807) is 47.1 Å². The molecule has 1 aliphatic heterocycles. The van der Waals surface area contributed by atoms with Gasteiger partial charge >= 0.3 is 5.97 Å². The summed E-state index contributed by atoms with van der Waals surface area (Å²) in [5.41, 5.74) is 1.61. The lowest BCUT2D eigenvalue weighted by Gasteiger charge is -2.35. The molecule has 6 nitrogen and oxygen atoms in total. The first-order chi connectivity index (χ1) is 12.4. The number of amides is 1. The second-order valence-electron chi connectivity index (χ2n) is 6.15. The highest BCUT2D eigenvalue weighted by atomic mass is 32.2. The maximum atomic E-state index is 12.7. The highest BCUT2D eigenvalue weighted by Gasteiger charge is 2.32. The van der Waals surface area contributed by atoms with E-state index in [0.29, 0.717) is 12.1 Å². The molecule has 1 unspecified atom stereocenters. The van der Waals surface area contributed by atoms with Crippen molar-refractivity contribution >= 4 is 35.0 Å². The molecule has 1 aliphatic rings. The minimum absolute atomic E-state index is 0.0676. The number of hydrogen-bond acceptors (Lipinski definition) is 6. The van der Waals surface area contributed by atoms with Crippen molar-refractivity contribution in [3.8, 4) is 0 Å². The Morgan fingerprint density at radius 3 is 2.69 bits per heavy atom. The molecule has 3 rings (SSSR count). The molecule has 0 radical (unpaired) electrons. The van der Waals surface area contributed by atoms with Crippen LogP contribution in [0.4, 0.5) is 0 Å². The summed E-state index contributed by atoms with van der Waals surface area (Å²) in [4.78, 5) is 30.9. The van der Waals surface area contributed by atoms with Crippen LogP contribution in [0, 0.1) is 6.92 Å². The van der Waals surface area contributed by atoms with Gasteiger partial charge in [-0.15, -0.1) is 23.1 Å². The van der Waals surface area contributed by atoms with Crippen LogP contribution < -0.4 is 0 Å². The van der Waals surface area contributed by atoms with Crippen molar-refractivity contribution in [2.45, 2.75) is 36.7 Å². The smallest absolute Gasteiger partial charge is 0.334 e. The van der Waals surface area contributed by atoms with Crippen LogP contribution >= 0.6 is 23.1 Å². The molecule has 0 saturated carbocycles. The Kier molecular flexibility index (Phi) is 5.95. The number of aromatic nitrogens is 1. The maximum absolute atomic E-state index is 12.7. The van der Waals surface area contributed by atoms with Crippen LogP contribution in [0.25, 0.3) is 0 Å². The minimum Gasteiger partial charge on any atom is -0.479 e. The number of hydrogen-bond donors (Lipinski definition) is 1. The molecule has 1 aromatic heterocycles. The zero-order chi connectivity index (χ0) is 18.7. The van der Waals surface area contributed by atoms with Crippen molar-refractivity contribution in [3.05, 3.63) is 45.9 Å². The number of ether oxygens (including phenoxy) is 1. The van der Waals surface area contributed by atoms with Crippen molar-refractivity contribution in [2.75, 3.05) is 13.1 Å². The van der Waals surface area contributed by atoms with E-state index in [0.717, 1.165) is 21.3 Å². The molecule has 1 saturated heterocycles. The van der Waals surface area contributed by atoms with Gasteiger partial charge in [0.1, 0.15) is 0 Å². The SMILES string of the molecule is Cc1nc(CSc2ccc(C(=O)N3CC(C(=O)O)O[C@H](C)C3)cc2)cs1. The Morgan fingerprint density at radius 2 is 2.08 bits per heavy atom. The Labute approximate surface area is 160 Å². The van der Waals surface area contributed by atoms with Crippen molar-refractivity contribution in [2.24, 2.45) is 0 Å². The van der Waals surface area contributed by atoms with E-state index in [9.17, 15) is 9.59 Å². The average Bonchev–Trinajstić information content (AvgIpc) is 3.04. The summed E-state index contributed by atoms with van der Waals surface area (Å²) in [6.45, 7) is 4.22. The van der Waals surface area contributed by atoms with Crippen molar-refractivity contribution in [3.63, 3.8) is 0 Å². The number of carbonyl (C=O) groups excluding carboxylic acids is 1. The fourth-order valence-electron chi connectivity index (χ4n) is 2.76. The second kappa shape index (κ2) is 8.20. The quantitative estimate of drug-likeness (QED) is 0.788. The number of benzene rings is 1. The third-order valence-corrected chi connectivity index (χ3v) is 5.85. The summed E-state index contributed by atoms with van der Waals surface area (Å²) in [7, 11) is 0. The van der Waals surface area contributed by atoms with Crippen LogP contribution in [0.3, 0.4) is 0 Å². The number of aryl methyl sites for hydroxylation is 1. The largest absolute Gasteiger partial charge is 0.479 e. The fraction of sp³-hybridized carbons (Fsp3) is 0.389. The lowest BCUT2D eigenvalue weighted by Crippen LogP contribution is -2.51. The molecule has 2 aromatic rings. The fourth-order valence-corrected chi connectivity index (χ4v) is 4.27. The van der Waals surface area contributed by atoms with E-state index in [2.05, 4.69) is 10.4 Å². The molecule has 1 amide bonds. The molecule has 1 aromatic carbocycles. The third kappa shape index (κ3) is 4.63. The highest BCUT2D eigenvalue weighted by molar-refractivity contribution is 7.98. The molecule has 8 heteroatoms. The summed E-state index contributed by atoms with van der Waals surface area (Å²) in [6.07, 6.45) is -1.27. The zero-order valence-corrected chi connectivity index (χ0v) is 16.2. The van der Waals surface area contributed by atoms with Crippen LogP contribution in [-0.2, 0) is 15.3 Å². The van der Waals surface area contributed by atoms with Crippen LogP contribution in [0.5, 0.6) is 0 Å². The number of carboxylic acids is 1. The summed E-state index contributed by atoms with van der Waals surface area (Å²) in [5, 5.41) is 12.3. The molecule has 2 atom stereocenters. The van der Waals surface area contributed by atoms with E-state index >= 15 is 0 Å². The Bertz CT molecular complexity index is 791. The van der Waals surface area contributed by atoms with Gasteiger partial charge in [-0.1, -0.05) is 0 Å². The second-order valence-corrected chi connectivity index (χ2v) is 8.27. The number of nitrogens with zero attached hydrogens (tertiary/aromatic N) is 2. The van der Waals surface area contributed by atoms with Gasteiger partial charge in [-0.05, 0) is 38.1 Å². The monoisotopic (exact) mass is 392 g/mol. The number of rotatable bonds is 5.